The van der Waals surface area contributed by atoms with E-state index in [2.05, 4.69) is 21.2 Å². The van der Waals surface area contributed by atoms with Crippen LogP contribution in [0.2, 0.25) is 5.15 Å². The van der Waals surface area contributed by atoms with Gasteiger partial charge in [-0.05, 0) is 49.1 Å². The summed E-state index contributed by atoms with van der Waals surface area (Å²) in [5.74, 6) is 4.12. The van der Waals surface area contributed by atoms with Gasteiger partial charge in [-0.2, -0.15) is 0 Å². The van der Waals surface area contributed by atoms with Crippen LogP contribution in [-0.2, 0) is 19.1 Å². The van der Waals surface area contributed by atoms with Gasteiger partial charge in [0.25, 0.3) is 5.88 Å². The maximum absolute atomic E-state index is 12.5. The van der Waals surface area contributed by atoms with E-state index in [4.69, 9.17) is 37.3 Å². The molecule has 2 aliphatic rings. The smallest absolute Gasteiger partial charge is 0.328 e. The second kappa shape index (κ2) is 19.6. The lowest BCUT2D eigenvalue weighted by Gasteiger charge is -2.34. The average molecular weight is 635 g/mol. The van der Waals surface area contributed by atoms with Crippen molar-refractivity contribution in [2.75, 3.05) is 35.0 Å². The molecule has 2 heterocycles. The molecule has 12 heteroatoms. The van der Waals surface area contributed by atoms with Crippen LogP contribution >= 0.6 is 11.6 Å². The van der Waals surface area contributed by atoms with Crippen LogP contribution in [0.5, 0.6) is 11.6 Å². The van der Waals surface area contributed by atoms with Crippen molar-refractivity contribution in [1.29, 1.82) is 0 Å². The number of rotatable bonds is 9. The molecule has 1 aliphatic carbocycles. The predicted molar refractivity (Wildman–Crippen MR) is 170 cm³/mol. The van der Waals surface area contributed by atoms with Gasteiger partial charge in [-0.1, -0.05) is 45.2 Å². The molecule has 44 heavy (non-hydrogen) atoms. The Hall–Kier alpha value is -3.62. The third kappa shape index (κ3) is 12.2. The zero-order valence-electron chi connectivity index (χ0n) is 26.9. The molecule has 0 radical (unpaired) electrons. The molecule has 0 bridgehead atoms. The highest BCUT2D eigenvalue weighted by molar-refractivity contribution is 6.31. The maximum Gasteiger partial charge on any atom is 0.328 e. The number of ether oxygens (including phenoxy) is 3. The number of carbonyl (C=O) groups excluding carboxylic acids is 3. The lowest BCUT2D eigenvalue weighted by Crippen LogP contribution is -2.55. The number of methoxy groups -OCH3 is 3. The van der Waals surface area contributed by atoms with Crippen molar-refractivity contribution in [1.82, 2.24) is 20.2 Å². The molecule has 2 amide bonds. The number of aliphatic hydroxyl groups excluding tert-OH is 1. The van der Waals surface area contributed by atoms with Gasteiger partial charge >= 0.3 is 5.97 Å². The summed E-state index contributed by atoms with van der Waals surface area (Å²) in [6.45, 7) is 6.13. The minimum atomic E-state index is -0.643. The van der Waals surface area contributed by atoms with Crippen molar-refractivity contribution < 1.29 is 33.7 Å². The summed E-state index contributed by atoms with van der Waals surface area (Å²) >= 11 is 5.85. The quantitative estimate of drug-likeness (QED) is 0.177. The van der Waals surface area contributed by atoms with E-state index < -0.39 is 23.5 Å². The van der Waals surface area contributed by atoms with Crippen LogP contribution in [0.25, 0.3) is 11.0 Å². The van der Waals surface area contributed by atoms with Gasteiger partial charge in [-0.3, -0.25) is 9.59 Å². The van der Waals surface area contributed by atoms with Gasteiger partial charge in [-0.25, -0.2) is 14.8 Å². The van der Waals surface area contributed by atoms with E-state index in [0.717, 1.165) is 31.6 Å². The molecule has 2 aromatic rings. The summed E-state index contributed by atoms with van der Waals surface area (Å²) in [4.78, 5) is 44.7. The molecular formula is C32H47ClN4O7. The highest BCUT2D eigenvalue weighted by Crippen LogP contribution is 2.33. The Bertz CT molecular complexity index is 1240. The van der Waals surface area contributed by atoms with Gasteiger partial charge in [0.05, 0.1) is 32.4 Å². The van der Waals surface area contributed by atoms with Crippen molar-refractivity contribution in [2.45, 2.75) is 77.8 Å². The van der Waals surface area contributed by atoms with Gasteiger partial charge in [-0.15, -0.1) is 12.3 Å². The molecule has 1 saturated carbocycles. The monoisotopic (exact) mass is 634 g/mol. The number of aromatic nitrogens is 2. The molecule has 4 rings (SSSR count). The summed E-state index contributed by atoms with van der Waals surface area (Å²) in [5, 5.41) is 9.81. The Morgan fingerprint density at radius 3 is 2.36 bits per heavy atom. The number of hydrogen-bond donors (Lipinski definition) is 2. The maximum atomic E-state index is 12.5. The number of hydrogen-bond acceptors (Lipinski definition) is 9. The molecule has 1 aromatic heterocycles. The highest BCUT2D eigenvalue weighted by Gasteiger charge is 2.41. The van der Waals surface area contributed by atoms with Crippen molar-refractivity contribution >= 4 is 40.9 Å². The standard InChI is InChI=1S/C13H22N2O4.C10H9ClN2O2.C8H12.CH4O/c1-13(2,3)10(14-8-16)11(17)15-7-5-6-9(15)12(18)19-4;1-14-6-3-4-7-8(5-6)13-10(15-2)9(11)12-7;1-2-3-4-5-8-6-7-8;1-2/h8-10H,5-7H2,1-4H3,(H,14,16);3-5H,1-2H3;1,8H,3-7H2;2H,1H3/t9?,10-;;;/m1.../s1. The number of halogens is 1. The van der Waals surface area contributed by atoms with Gasteiger partial charge in [0.15, 0.2) is 5.15 Å². The lowest BCUT2D eigenvalue weighted by atomic mass is 9.86. The van der Waals surface area contributed by atoms with Crippen LogP contribution in [0.4, 0.5) is 0 Å². The molecule has 11 nitrogen and oxygen atoms in total. The summed E-state index contributed by atoms with van der Waals surface area (Å²) < 4.78 is 14.8. The second-order valence-corrected chi connectivity index (χ2v) is 11.6. The van der Waals surface area contributed by atoms with Crippen LogP contribution in [0, 0.1) is 23.7 Å². The number of benzene rings is 1. The Morgan fingerprint density at radius 1 is 1.16 bits per heavy atom. The van der Waals surface area contributed by atoms with Crippen LogP contribution < -0.4 is 14.8 Å². The third-order valence-corrected chi connectivity index (χ3v) is 7.23. The van der Waals surface area contributed by atoms with Crippen LogP contribution in [0.3, 0.4) is 0 Å². The van der Waals surface area contributed by atoms with Crippen LogP contribution in [-0.4, -0.2) is 85.3 Å². The number of fused-ring (bicyclic) bond motifs is 1. The van der Waals surface area contributed by atoms with Crippen molar-refractivity contribution in [2.24, 2.45) is 11.3 Å². The number of carbonyl (C=O) groups is 3. The van der Waals surface area contributed by atoms with E-state index in [9.17, 15) is 14.4 Å². The molecule has 1 aromatic carbocycles. The van der Waals surface area contributed by atoms with E-state index in [0.29, 0.717) is 36.3 Å². The number of nitrogens with zero attached hydrogens (tertiary/aromatic N) is 3. The largest absolute Gasteiger partial charge is 0.497 e. The van der Waals surface area contributed by atoms with E-state index in [1.807, 2.05) is 20.8 Å². The molecular weight excluding hydrogens is 588 g/mol. The summed E-state index contributed by atoms with van der Waals surface area (Å²) in [7, 11) is 5.41. The second-order valence-electron chi connectivity index (χ2n) is 11.2. The first kappa shape index (κ1) is 38.4. The van der Waals surface area contributed by atoms with Gasteiger partial charge < -0.3 is 29.5 Å². The van der Waals surface area contributed by atoms with Gasteiger partial charge in [0, 0.05) is 26.1 Å². The van der Waals surface area contributed by atoms with Gasteiger partial charge in [0.2, 0.25) is 12.3 Å². The van der Waals surface area contributed by atoms with Crippen molar-refractivity contribution in [3.8, 4) is 24.0 Å². The molecule has 2 fully saturated rings. The number of amides is 2. The molecule has 1 saturated heterocycles. The van der Waals surface area contributed by atoms with Gasteiger partial charge in [0.1, 0.15) is 17.8 Å². The predicted octanol–water partition coefficient (Wildman–Crippen LogP) is 4.42. The number of unbranched alkanes of at least 4 members (excludes halogenated alkanes) is 1. The van der Waals surface area contributed by atoms with Crippen molar-refractivity contribution in [3.63, 3.8) is 0 Å². The fraction of sp³-hybridized carbons (Fsp3) is 0.594. The highest BCUT2D eigenvalue weighted by atomic mass is 35.5. The molecule has 1 unspecified atom stereocenters. The Balaban J connectivity index is 0.000000343. The van der Waals surface area contributed by atoms with Crippen molar-refractivity contribution in [3.05, 3.63) is 23.4 Å². The first-order chi connectivity index (χ1) is 21.0. The molecule has 2 atom stereocenters. The number of nitrogens with one attached hydrogen (secondary N) is 1. The first-order valence-electron chi connectivity index (χ1n) is 14.5. The minimum absolute atomic E-state index is 0.229. The average Bonchev–Trinajstić information content (AvgIpc) is 3.72. The molecule has 1 aliphatic heterocycles. The summed E-state index contributed by atoms with van der Waals surface area (Å²) in [6.07, 6.45) is 13.5. The van der Waals surface area contributed by atoms with E-state index in [1.165, 1.54) is 44.8 Å². The van der Waals surface area contributed by atoms with E-state index in [-0.39, 0.29) is 11.1 Å². The van der Waals surface area contributed by atoms with Crippen LogP contribution in [0.1, 0.15) is 65.7 Å². The minimum Gasteiger partial charge on any atom is -0.497 e. The van der Waals surface area contributed by atoms with Crippen LogP contribution in [0.15, 0.2) is 18.2 Å². The number of esters is 1. The summed E-state index contributed by atoms with van der Waals surface area (Å²) in [6, 6.07) is 4.21. The fourth-order valence-electron chi connectivity index (χ4n) is 4.49. The SMILES string of the molecule is C#CCCCC1CC1.CO.COC(=O)C1CCCN1C(=O)[C@@H](NC=O)C(C)(C)C.COc1ccc2nc(Cl)c(OC)nc2c1. The first-order valence-corrected chi connectivity index (χ1v) is 14.9. The fourth-order valence-corrected chi connectivity index (χ4v) is 4.70. The lowest BCUT2D eigenvalue weighted by molar-refractivity contribution is -0.152. The van der Waals surface area contributed by atoms with E-state index in [1.54, 1.807) is 25.3 Å². The third-order valence-electron chi connectivity index (χ3n) is 6.98. The Morgan fingerprint density at radius 2 is 1.84 bits per heavy atom. The normalized spacial score (nSPS) is 15.9. The molecule has 2 N–H and O–H groups in total. The molecule has 0 spiro atoms. The van der Waals surface area contributed by atoms with E-state index >= 15 is 0 Å². The Labute approximate surface area is 266 Å². The Kier molecular flexibility index (Phi) is 17.1. The number of terminal acetylenes is 1. The zero-order chi connectivity index (χ0) is 33.3. The molecule has 244 valence electrons. The number of likely N-dealkylation sites (tertiary alicyclic amines) is 1. The summed E-state index contributed by atoms with van der Waals surface area (Å²) in [5.41, 5.74) is 0.985. The zero-order valence-corrected chi connectivity index (χ0v) is 27.6. The number of aliphatic hydroxyl groups is 1. The topological polar surface area (TPSA) is 140 Å².